The molecule has 2 N–H and O–H groups in total. The van der Waals surface area contributed by atoms with E-state index in [0.29, 0.717) is 27.4 Å². The molecule has 3 rings (SSSR count). The van der Waals surface area contributed by atoms with Gasteiger partial charge in [0.2, 0.25) is 0 Å². The number of nitrogens with one attached hydrogen (secondary N) is 2. The van der Waals surface area contributed by atoms with E-state index in [1.807, 2.05) is 0 Å². The molecule has 3 aromatic rings. The molecule has 4 nitrogen and oxygen atoms in total. The second kappa shape index (κ2) is 6.33. The molecular weight excluding hydrogens is 357 g/mol. The number of anilines is 1. The van der Waals surface area contributed by atoms with Gasteiger partial charge in [-0.05, 0) is 42.5 Å². The zero-order valence-corrected chi connectivity index (χ0v) is 13.6. The third-order valence-corrected chi connectivity index (χ3v) is 3.83. The molecule has 1 amide bonds. The molecule has 0 radical (unpaired) electrons. The summed E-state index contributed by atoms with van der Waals surface area (Å²) in [4.78, 5) is 14.7. The van der Waals surface area contributed by atoms with Gasteiger partial charge in [-0.3, -0.25) is 4.79 Å². The van der Waals surface area contributed by atoms with E-state index in [2.05, 4.69) is 10.3 Å². The Balaban J connectivity index is 1.90. The lowest BCUT2D eigenvalue weighted by molar-refractivity contribution is -0.140. The molecule has 8 heteroatoms. The highest BCUT2D eigenvalue weighted by Gasteiger charge is 2.32. The predicted molar refractivity (Wildman–Crippen MR) is 89.3 cm³/mol. The average Bonchev–Trinajstić information content (AvgIpc) is 2.98. The van der Waals surface area contributed by atoms with Gasteiger partial charge in [-0.2, -0.15) is 13.2 Å². The smallest absolute Gasteiger partial charge is 0.431 e. The maximum absolute atomic E-state index is 12.8. The van der Waals surface area contributed by atoms with Gasteiger partial charge >= 0.3 is 6.18 Å². The number of halogens is 4. The van der Waals surface area contributed by atoms with E-state index in [-0.39, 0.29) is 5.56 Å². The van der Waals surface area contributed by atoms with Gasteiger partial charge < -0.3 is 15.0 Å². The lowest BCUT2D eigenvalue weighted by Gasteiger charge is -2.10. The van der Waals surface area contributed by atoms with Crippen LogP contribution in [0.1, 0.15) is 16.1 Å². The first-order chi connectivity index (χ1) is 11.8. The first-order valence-corrected chi connectivity index (χ1v) is 7.50. The number of methoxy groups -OCH3 is 1. The molecule has 0 saturated heterocycles. The Bertz CT molecular complexity index is 951. The van der Waals surface area contributed by atoms with Crippen LogP contribution in [-0.2, 0) is 6.18 Å². The lowest BCUT2D eigenvalue weighted by Crippen LogP contribution is -2.13. The molecule has 0 spiro atoms. The fourth-order valence-electron chi connectivity index (χ4n) is 2.42. The van der Waals surface area contributed by atoms with Crippen molar-refractivity contribution >= 4 is 34.1 Å². The summed E-state index contributed by atoms with van der Waals surface area (Å²) in [5.74, 6) is -0.144. The lowest BCUT2D eigenvalue weighted by atomic mass is 10.1. The number of rotatable bonds is 3. The number of hydrogen-bond acceptors (Lipinski definition) is 2. The summed E-state index contributed by atoms with van der Waals surface area (Å²) in [6.45, 7) is 0. The molecule has 0 unspecified atom stereocenters. The summed E-state index contributed by atoms with van der Waals surface area (Å²) in [7, 11) is 1.42. The molecule has 0 atom stereocenters. The summed E-state index contributed by atoms with van der Waals surface area (Å²) < 4.78 is 43.4. The van der Waals surface area contributed by atoms with E-state index in [0.717, 1.165) is 6.07 Å². The van der Waals surface area contributed by atoms with E-state index in [9.17, 15) is 18.0 Å². The molecule has 0 saturated carbocycles. The molecule has 0 fully saturated rings. The van der Waals surface area contributed by atoms with E-state index >= 15 is 0 Å². The first-order valence-electron chi connectivity index (χ1n) is 7.13. The molecule has 25 heavy (non-hydrogen) atoms. The van der Waals surface area contributed by atoms with Crippen LogP contribution in [0.15, 0.2) is 42.5 Å². The van der Waals surface area contributed by atoms with E-state index in [1.54, 1.807) is 12.1 Å². The summed E-state index contributed by atoms with van der Waals surface area (Å²) in [6.07, 6.45) is -4.46. The molecular formula is C17H12ClF3N2O2. The zero-order valence-electron chi connectivity index (χ0n) is 12.9. The first kappa shape index (κ1) is 17.2. The number of hydrogen-bond donors (Lipinski definition) is 2. The molecule has 0 aliphatic heterocycles. The Hall–Kier alpha value is -2.67. The number of aromatic amines is 1. The molecule has 1 aromatic heterocycles. The number of carbonyl (C=O) groups is 1. The number of benzene rings is 2. The Labute approximate surface area is 145 Å². The fraction of sp³-hybridized carbons (Fsp3) is 0.118. The van der Waals surface area contributed by atoms with Crippen LogP contribution in [0, 0.1) is 0 Å². The average molecular weight is 369 g/mol. The van der Waals surface area contributed by atoms with Crippen LogP contribution in [0.2, 0.25) is 5.02 Å². The largest absolute Gasteiger partial charge is 0.496 e. The SMILES string of the molecule is COc1ccc(Cl)cc1C(=O)Nc1ccc2[nH]c(C(F)(F)F)cc2c1. The number of aromatic nitrogens is 1. The minimum Gasteiger partial charge on any atom is -0.496 e. The van der Waals surface area contributed by atoms with Gasteiger partial charge in [-0.25, -0.2) is 0 Å². The summed E-state index contributed by atoms with van der Waals surface area (Å²) in [5, 5.41) is 3.33. The second-order valence-electron chi connectivity index (χ2n) is 5.28. The Kier molecular flexibility index (Phi) is 4.34. The van der Waals surface area contributed by atoms with Crippen molar-refractivity contribution in [2.75, 3.05) is 12.4 Å². The highest BCUT2D eigenvalue weighted by atomic mass is 35.5. The zero-order chi connectivity index (χ0) is 18.2. The van der Waals surface area contributed by atoms with Crippen LogP contribution >= 0.6 is 11.6 Å². The molecule has 0 aliphatic carbocycles. The number of amides is 1. The van der Waals surface area contributed by atoms with Crippen molar-refractivity contribution in [2.45, 2.75) is 6.18 Å². The van der Waals surface area contributed by atoms with Crippen molar-refractivity contribution in [1.29, 1.82) is 0 Å². The van der Waals surface area contributed by atoms with Crippen LogP contribution in [0.3, 0.4) is 0 Å². The minimum absolute atomic E-state index is 0.222. The molecule has 0 bridgehead atoms. The van der Waals surface area contributed by atoms with Crippen molar-refractivity contribution < 1.29 is 22.7 Å². The normalized spacial score (nSPS) is 11.6. The highest BCUT2D eigenvalue weighted by Crippen LogP contribution is 2.32. The highest BCUT2D eigenvalue weighted by molar-refractivity contribution is 6.31. The van der Waals surface area contributed by atoms with Gasteiger partial charge in [-0.15, -0.1) is 0 Å². The number of carbonyl (C=O) groups excluding carboxylic acids is 1. The molecule has 2 aromatic carbocycles. The molecule has 0 aliphatic rings. The standard InChI is InChI=1S/C17H12ClF3N2O2/c1-25-14-5-2-10(18)8-12(14)16(24)22-11-3-4-13-9(6-11)7-15(23-13)17(19,20)21/h2-8,23H,1H3,(H,22,24). The van der Waals surface area contributed by atoms with Crippen LogP contribution < -0.4 is 10.1 Å². The fourth-order valence-corrected chi connectivity index (χ4v) is 2.59. The Morgan fingerprint density at radius 3 is 2.60 bits per heavy atom. The summed E-state index contributed by atoms with van der Waals surface area (Å²) in [5.41, 5.74) is 0.0561. The van der Waals surface area contributed by atoms with Crippen LogP contribution in [-0.4, -0.2) is 18.0 Å². The van der Waals surface area contributed by atoms with Crippen molar-refractivity contribution in [3.05, 3.63) is 58.7 Å². The maximum Gasteiger partial charge on any atom is 0.431 e. The molecule has 130 valence electrons. The topological polar surface area (TPSA) is 54.1 Å². The van der Waals surface area contributed by atoms with Crippen LogP contribution in [0.4, 0.5) is 18.9 Å². The van der Waals surface area contributed by atoms with Gasteiger partial charge in [0.15, 0.2) is 0 Å². The molecule has 1 heterocycles. The third-order valence-electron chi connectivity index (χ3n) is 3.59. The van der Waals surface area contributed by atoms with E-state index < -0.39 is 17.8 Å². The number of H-pyrrole nitrogens is 1. The van der Waals surface area contributed by atoms with Gasteiger partial charge in [0, 0.05) is 21.6 Å². The monoisotopic (exact) mass is 368 g/mol. The minimum atomic E-state index is -4.46. The van der Waals surface area contributed by atoms with E-state index in [1.165, 1.54) is 31.4 Å². The second-order valence-corrected chi connectivity index (χ2v) is 5.72. The number of alkyl halides is 3. The van der Waals surface area contributed by atoms with Gasteiger partial charge in [0.1, 0.15) is 11.4 Å². The summed E-state index contributed by atoms with van der Waals surface area (Å²) in [6, 6.07) is 10.0. The summed E-state index contributed by atoms with van der Waals surface area (Å²) >= 11 is 5.90. The predicted octanol–water partition coefficient (Wildman–Crippen LogP) is 5.10. The third kappa shape index (κ3) is 3.56. The van der Waals surface area contributed by atoms with Gasteiger partial charge in [0.05, 0.1) is 12.7 Å². The van der Waals surface area contributed by atoms with Crippen LogP contribution in [0.5, 0.6) is 5.75 Å². The maximum atomic E-state index is 12.8. The quantitative estimate of drug-likeness (QED) is 0.675. The van der Waals surface area contributed by atoms with Crippen molar-refractivity contribution in [2.24, 2.45) is 0 Å². The number of fused-ring (bicyclic) bond motifs is 1. The number of ether oxygens (including phenoxy) is 1. The van der Waals surface area contributed by atoms with Crippen LogP contribution in [0.25, 0.3) is 10.9 Å². The Morgan fingerprint density at radius 1 is 1.16 bits per heavy atom. The van der Waals surface area contributed by atoms with Crippen molar-refractivity contribution in [3.63, 3.8) is 0 Å². The van der Waals surface area contributed by atoms with Crippen molar-refractivity contribution in [1.82, 2.24) is 4.98 Å². The van der Waals surface area contributed by atoms with Gasteiger partial charge in [-0.1, -0.05) is 11.6 Å². The Morgan fingerprint density at radius 2 is 1.92 bits per heavy atom. The van der Waals surface area contributed by atoms with E-state index in [4.69, 9.17) is 16.3 Å². The van der Waals surface area contributed by atoms with Gasteiger partial charge in [0.25, 0.3) is 5.91 Å². The van der Waals surface area contributed by atoms with Crippen molar-refractivity contribution in [3.8, 4) is 5.75 Å².